The van der Waals surface area contributed by atoms with E-state index in [1.807, 2.05) is 0 Å². The van der Waals surface area contributed by atoms with Gasteiger partial charge in [-0.1, -0.05) is 18.2 Å². The van der Waals surface area contributed by atoms with Crippen LogP contribution in [0, 0.1) is 5.82 Å². The molecule has 2 nitrogen and oxygen atoms in total. The van der Waals surface area contributed by atoms with Gasteiger partial charge in [0.15, 0.2) is 0 Å². The van der Waals surface area contributed by atoms with Crippen molar-refractivity contribution in [2.24, 2.45) is 0 Å². The maximum Gasteiger partial charge on any atom is 0.389 e. The van der Waals surface area contributed by atoms with Crippen molar-refractivity contribution in [3.05, 3.63) is 35.6 Å². The summed E-state index contributed by atoms with van der Waals surface area (Å²) in [4.78, 5) is 0. The minimum absolute atomic E-state index is 0.00609. The first-order chi connectivity index (χ1) is 8.94. The summed E-state index contributed by atoms with van der Waals surface area (Å²) in [5.41, 5.74) is 0.445. The molecule has 0 saturated heterocycles. The number of hydrogen-bond donors (Lipinski definition) is 1. The number of halogens is 4. The molecule has 1 aromatic carbocycles. The Bertz CT molecular complexity index is 381. The second kappa shape index (κ2) is 7.45. The van der Waals surface area contributed by atoms with Crippen LogP contribution in [-0.2, 0) is 4.74 Å². The second-order valence-electron chi connectivity index (χ2n) is 4.16. The van der Waals surface area contributed by atoms with Crippen molar-refractivity contribution < 1.29 is 22.3 Å². The molecule has 1 rings (SSSR count). The molecule has 0 amide bonds. The molecule has 0 aliphatic heterocycles. The summed E-state index contributed by atoms with van der Waals surface area (Å²) in [5, 5.41) is 2.88. The van der Waals surface area contributed by atoms with Gasteiger partial charge in [-0.05, 0) is 19.5 Å². The van der Waals surface area contributed by atoms with Crippen LogP contribution in [0.5, 0.6) is 0 Å². The van der Waals surface area contributed by atoms with E-state index in [0.717, 1.165) is 0 Å². The van der Waals surface area contributed by atoms with E-state index in [4.69, 9.17) is 4.74 Å². The molecule has 1 atom stereocenters. The lowest BCUT2D eigenvalue weighted by Crippen LogP contribution is -2.23. The number of ether oxygens (including phenoxy) is 1. The van der Waals surface area contributed by atoms with Crippen LogP contribution in [0.4, 0.5) is 17.6 Å². The predicted molar refractivity (Wildman–Crippen MR) is 64.3 cm³/mol. The van der Waals surface area contributed by atoms with E-state index < -0.39 is 12.6 Å². The van der Waals surface area contributed by atoms with Gasteiger partial charge in [0.25, 0.3) is 0 Å². The molecule has 0 aromatic heterocycles. The van der Waals surface area contributed by atoms with Crippen LogP contribution < -0.4 is 5.32 Å². The van der Waals surface area contributed by atoms with Crippen LogP contribution in [0.1, 0.15) is 24.4 Å². The number of likely N-dealkylation sites (N-methyl/N-ethyl adjacent to an activating group) is 1. The number of rotatable bonds is 7. The molecular weight excluding hydrogens is 262 g/mol. The van der Waals surface area contributed by atoms with Crippen LogP contribution in [0.2, 0.25) is 0 Å². The van der Waals surface area contributed by atoms with Gasteiger partial charge in [-0.3, -0.25) is 0 Å². The maximum atomic E-state index is 13.5. The van der Waals surface area contributed by atoms with Gasteiger partial charge in [0.2, 0.25) is 0 Å². The van der Waals surface area contributed by atoms with Crippen LogP contribution in [-0.4, -0.2) is 26.4 Å². The van der Waals surface area contributed by atoms with E-state index in [-0.39, 0.29) is 31.5 Å². The molecule has 0 spiro atoms. The van der Waals surface area contributed by atoms with Gasteiger partial charge in [-0.15, -0.1) is 0 Å². The smallest absolute Gasteiger partial charge is 0.379 e. The fraction of sp³-hybridized carbons (Fsp3) is 0.538. The predicted octanol–water partition coefficient (Wildman–Crippen LogP) is 3.45. The topological polar surface area (TPSA) is 21.3 Å². The van der Waals surface area contributed by atoms with Crippen molar-refractivity contribution in [2.75, 3.05) is 20.3 Å². The highest BCUT2D eigenvalue weighted by Gasteiger charge is 2.26. The highest BCUT2D eigenvalue weighted by atomic mass is 19.4. The first-order valence-electron chi connectivity index (χ1n) is 6.00. The van der Waals surface area contributed by atoms with Gasteiger partial charge in [0.1, 0.15) is 5.82 Å². The van der Waals surface area contributed by atoms with Gasteiger partial charge >= 0.3 is 6.18 Å². The molecule has 6 heteroatoms. The Kier molecular flexibility index (Phi) is 6.24. The first-order valence-corrected chi connectivity index (χ1v) is 6.00. The summed E-state index contributed by atoms with van der Waals surface area (Å²) in [5.74, 6) is -0.360. The van der Waals surface area contributed by atoms with Gasteiger partial charge in [0, 0.05) is 18.6 Å². The van der Waals surface area contributed by atoms with Crippen LogP contribution in [0.15, 0.2) is 24.3 Å². The molecule has 108 valence electrons. The molecule has 0 aliphatic carbocycles. The Morgan fingerprint density at radius 1 is 1.26 bits per heavy atom. The molecule has 0 radical (unpaired) electrons. The second-order valence-corrected chi connectivity index (χ2v) is 4.16. The largest absolute Gasteiger partial charge is 0.389 e. The Hall–Kier alpha value is -1.14. The van der Waals surface area contributed by atoms with Crippen molar-refractivity contribution in [3.8, 4) is 0 Å². The fourth-order valence-corrected chi connectivity index (χ4v) is 1.66. The van der Waals surface area contributed by atoms with E-state index >= 15 is 0 Å². The lowest BCUT2D eigenvalue weighted by molar-refractivity contribution is -0.138. The molecule has 0 bridgehead atoms. The molecule has 19 heavy (non-hydrogen) atoms. The van der Waals surface area contributed by atoms with E-state index in [9.17, 15) is 17.6 Å². The van der Waals surface area contributed by atoms with Crippen LogP contribution >= 0.6 is 0 Å². The van der Waals surface area contributed by atoms with E-state index in [0.29, 0.717) is 5.56 Å². The fourth-order valence-electron chi connectivity index (χ4n) is 1.66. The average molecular weight is 279 g/mol. The highest BCUT2D eigenvalue weighted by Crippen LogP contribution is 2.21. The van der Waals surface area contributed by atoms with E-state index in [1.54, 1.807) is 25.2 Å². The zero-order chi connectivity index (χ0) is 14.3. The van der Waals surface area contributed by atoms with E-state index in [2.05, 4.69) is 5.32 Å². The van der Waals surface area contributed by atoms with Crippen molar-refractivity contribution in [1.82, 2.24) is 5.32 Å². The summed E-state index contributed by atoms with van der Waals surface area (Å²) < 4.78 is 54.4. The molecule has 1 N–H and O–H groups in total. The standard InChI is InChI=1S/C13H17F4NO/c1-18-12(10-5-2-3-6-11(10)14)9-19-8-4-7-13(15,16)17/h2-3,5-6,12,18H,4,7-9H2,1H3. The van der Waals surface area contributed by atoms with Gasteiger partial charge in [-0.25, -0.2) is 4.39 Å². The van der Waals surface area contributed by atoms with Crippen molar-refractivity contribution in [3.63, 3.8) is 0 Å². The Morgan fingerprint density at radius 3 is 2.53 bits per heavy atom. The van der Waals surface area contributed by atoms with Gasteiger partial charge in [0.05, 0.1) is 12.6 Å². The Balaban J connectivity index is 2.36. The Morgan fingerprint density at radius 2 is 1.95 bits per heavy atom. The number of alkyl halides is 3. The molecular formula is C13H17F4NO. The zero-order valence-corrected chi connectivity index (χ0v) is 10.6. The highest BCUT2D eigenvalue weighted by molar-refractivity contribution is 5.21. The summed E-state index contributed by atoms with van der Waals surface area (Å²) >= 11 is 0. The molecule has 1 aromatic rings. The lowest BCUT2D eigenvalue weighted by atomic mass is 10.1. The number of hydrogen-bond acceptors (Lipinski definition) is 2. The third-order valence-corrected chi connectivity index (χ3v) is 2.66. The SMILES string of the molecule is CNC(COCCCC(F)(F)F)c1ccccc1F. The molecule has 0 heterocycles. The van der Waals surface area contributed by atoms with Crippen molar-refractivity contribution >= 4 is 0 Å². The van der Waals surface area contributed by atoms with Crippen molar-refractivity contribution in [1.29, 1.82) is 0 Å². The first kappa shape index (κ1) is 15.9. The average Bonchev–Trinajstić information content (AvgIpc) is 2.34. The monoisotopic (exact) mass is 279 g/mol. The van der Waals surface area contributed by atoms with Gasteiger partial charge < -0.3 is 10.1 Å². The molecule has 0 saturated carbocycles. The quantitative estimate of drug-likeness (QED) is 0.610. The summed E-state index contributed by atoms with van der Waals surface area (Å²) in [6.45, 7) is 0.140. The third-order valence-electron chi connectivity index (χ3n) is 2.66. The van der Waals surface area contributed by atoms with Gasteiger partial charge in [-0.2, -0.15) is 13.2 Å². The van der Waals surface area contributed by atoms with Crippen LogP contribution in [0.3, 0.4) is 0 Å². The summed E-state index contributed by atoms with van der Waals surface area (Å²) in [6, 6.07) is 5.87. The Labute approximate surface area is 109 Å². The lowest BCUT2D eigenvalue weighted by Gasteiger charge is -2.17. The molecule has 0 aliphatic rings. The number of nitrogens with one attached hydrogen (secondary N) is 1. The maximum absolute atomic E-state index is 13.5. The minimum atomic E-state index is -4.16. The number of benzene rings is 1. The zero-order valence-electron chi connectivity index (χ0n) is 10.6. The van der Waals surface area contributed by atoms with Crippen molar-refractivity contribution in [2.45, 2.75) is 25.1 Å². The third kappa shape index (κ3) is 6.02. The normalized spacial score (nSPS) is 13.5. The molecule has 1 unspecified atom stereocenters. The van der Waals surface area contributed by atoms with Crippen LogP contribution in [0.25, 0.3) is 0 Å². The summed E-state index contributed by atoms with van der Waals surface area (Å²) in [7, 11) is 1.65. The molecule has 0 fully saturated rings. The summed E-state index contributed by atoms with van der Waals surface area (Å²) in [6.07, 6.45) is -5.11. The minimum Gasteiger partial charge on any atom is -0.379 e. The van der Waals surface area contributed by atoms with E-state index in [1.165, 1.54) is 6.07 Å².